The van der Waals surface area contributed by atoms with Crippen molar-refractivity contribution in [3.8, 4) is 0 Å². The number of aromatic amines is 1. The second-order valence-corrected chi connectivity index (χ2v) is 9.70. The van der Waals surface area contributed by atoms with Gasteiger partial charge in [-0.25, -0.2) is 4.98 Å². The van der Waals surface area contributed by atoms with Gasteiger partial charge in [-0.15, -0.1) is 0 Å². The highest BCUT2D eigenvalue weighted by Crippen LogP contribution is 2.42. The Bertz CT molecular complexity index is 982. The molecule has 0 spiro atoms. The third-order valence-electron chi connectivity index (χ3n) is 6.57. The number of pyridine rings is 1. The number of aryl methyl sites for hydroxylation is 1. The predicted octanol–water partition coefficient (Wildman–Crippen LogP) is 1.26. The number of rotatable bonds is 4. The first-order chi connectivity index (χ1) is 14.6. The molecule has 1 N–H and O–H groups in total. The van der Waals surface area contributed by atoms with Gasteiger partial charge in [0.25, 0.3) is 5.56 Å². The number of aromatic nitrogens is 4. The summed E-state index contributed by atoms with van der Waals surface area (Å²) in [5, 5.41) is 7.30. The highest BCUT2D eigenvalue weighted by atomic mass is 32.2. The quantitative estimate of drug-likeness (QED) is 0.789. The van der Waals surface area contributed by atoms with Crippen LogP contribution in [0.25, 0.3) is 0 Å². The van der Waals surface area contributed by atoms with Gasteiger partial charge < -0.3 is 4.90 Å². The van der Waals surface area contributed by atoms with Crippen LogP contribution in [0.4, 0.5) is 0 Å². The zero-order valence-electron chi connectivity index (χ0n) is 17.3. The van der Waals surface area contributed by atoms with Gasteiger partial charge in [0, 0.05) is 67.7 Å². The summed E-state index contributed by atoms with van der Waals surface area (Å²) in [6.45, 7) is 5.94. The Morgan fingerprint density at radius 1 is 1.27 bits per heavy atom. The van der Waals surface area contributed by atoms with Crippen molar-refractivity contribution < 1.29 is 4.79 Å². The molecule has 5 heterocycles. The molecule has 2 aromatic heterocycles. The van der Waals surface area contributed by atoms with Crippen LogP contribution in [0.5, 0.6) is 0 Å². The molecule has 3 atom stereocenters. The Hall–Kier alpha value is -2.13. The van der Waals surface area contributed by atoms with Crippen LogP contribution in [0.2, 0.25) is 0 Å². The van der Waals surface area contributed by atoms with Crippen LogP contribution in [-0.4, -0.2) is 73.1 Å². The van der Waals surface area contributed by atoms with E-state index in [-0.39, 0.29) is 23.3 Å². The van der Waals surface area contributed by atoms with Gasteiger partial charge in [-0.3, -0.25) is 24.2 Å². The number of H-pyrrole nitrogens is 1. The number of amides is 1. The molecule has 2 saturated heterocycles. The number of hydrogen-bond acceptors (Lipinski definition) is 6. The lowest BCUT2D eigenvalue weighted by Gasteiger charge is -2.47. The standard InChI is InChI=1S/C21H28N6O2S/c1-2-17-22-18(24-23-17)13-25-11-14-10-15(12-25)20(21(29)26-6-8-30-9-7-26)27-16(14)4-3-5-19(27)28/h3-5,14-15,20H,2,6-13H2,1H3,(H,22,23,24)/t14-,15+,20-/m1/s1. The second-order valence-electron chi connectivity index (χ2n) is 8.48. The fourth-order valence-electron chi connectivity index (χ4n) is 5.22. The molecule has 0 radical (unpaired) electrons. The minimum Gasteiger partial charge on any atom is -0.339 e. The largest absolute Gasteiger partial charge is 0.339 e. The first kappa shape index (κ1) is 19.8. The number of nitrogens with one attached hydrogen (secondary N) is 1. The van der Waals surface area contributed by atoms with Crippen molar-refractivity contribution in [2.45, 2.75) is 38.3 Å². The van der Waals surface area contributed by atoms with Gasteiger partial charge in [0.2, 0.25) is 5.91 Å². The van der Waals surface area contributed by atoms with E-state index in [9.17, 15) is 9.59 Å². The third-order valence-corrected chi connectivity index (χ3v) is 7.51. The fourth-order valence-corrected chi connectivity index (χ4v) is 6.12. The van der Waals surface area contributed by atoms with E-state index < -0.39 is 6.04 Å². The molecule has 0 unspecified atom stereocenters. The predicted molar refractivity (Wildman–Crippen MR) is 116 cm³/mol. The summed E-state index contributed by atoms with van der Waals surface area (Å²) in [7, 11) is 0. The van der Waals surface area contributed by atoms with Crippen molar-refractivity contribution in [2.75, 3.05) is 37.7 Å². The number of piperidine rings is 1. The lowest BCUT2D eigenvalue weighted by molar-refractivity contribution is -0.138. The van der Waals surface area contributed by atoms with Gasteiger partial charge >= 0.3 is 0 Å². The summed E-state index contributed by atoms with van der Waals surface area (Å²) in [5.74, 6) is 4.14. The fraction of sp³-hybridized carbons (Fsp3) is 0.619. The molecule has 5 rings (SSSR count). The zero-order valence-corrected chi connectivity index (χ0v) is 18.1. The zero-order chi connectivity index (χ0) is 20.7. The molecule has 8 nitrogen and oxygen atoms in total. The van der Waals surface area contributed by atoms with Crippen molar-refractivity contribution >= 4 is 17.7 Å². The molecule has 2 fully saturated rings. The SMILES string of the molecule is CCc1n[nH]c(CN2C[C@H]3C[C@@H](C2)[C@H](C(=O)N2CCSCC2)n2c3cccc2=O)n1. The highest BCUT2D eigenvalue weighted by molar-refractivity contribution is 7.99. The molecule has 0 aliphatic carbocycles. The summed E-state index contributed by atoms with van der Waals surface area (Å²) in [6.07, 6.45) is 1.76. The van der Waals surface area contributed by atoms with Crippen LogP contribution in [0.1, 0.15) is 42.6 Å². The van der Waals surface area contributed by atoms with E-state index in [0.717, 1.165) is 67.9 Å². The Kier molecular flexibility index (Phi) is 5.41. The van der Waals surface area contributed by atoms with Crippen LogP contribution < -0.4 is 5.56 Å². The molecule has 9 heteroatoms. The molecule has 0 saturated carbocycles. The average molecular weight is 429 g/mol. The maximum atomic E-state index is 13.6. The molecule has 2 aromatic rings. The Morgan fingerprint density at radius 3 is 2.87 bits per heavy atom. The van der Waals surface area contributed by atoms with Gasteiger partial charge in [0.1, 0.15) is 17.7 Å². The molecule has 2 bridgehead atoms. The second kappa shape index (κ2) is 8.19. The summed E-state index contributed by atoms with van der Waals surface area (Å²) >= 11 is 1.89. The van der Waals surface area contributed by atoms with Gasteiger partial charge in [-0.2, -0.15) is 16.9 Å². The molecule has 1 amide bonds. The van der Waals surface area contributed by atoms with E-state index in [1.54, 1.807) is 6.07 Å². The van der Waals surface area contributed by atoms with E-state index in [1.165, 1.54) is 0 Å². The van der Waals surface area contributed by atoms with E-state index in [0.29, 0.717) is 6.54 Å². The van der Waals surface area contributed by atoms with Crippen molar-refractivity contribution in [3.63, 3.8) is 0 Å². The van der Waals surface area contributed by atoms with E-state index in [4.69, 9.17) is 0 Å². The third kappa shape index (κ3) is 3.58. The Balaban J connectivity index is 1.45. The van der Waals surface area contributed by atoms with Crippen LogP contribution in [0.3, 0.4) is 0 Å². The van der Waals surface area contributed by atoms with Crippen molar-refractivity contribution in [1.29, 1.82) is 0 Å². The Morgan fingerprint density at radius 2 is 2.10 bits per heavy atom. The number of fused-ring (bicyclic) bond motifs is 4. The van der Waals surface area contributed by atoms with Gasteiger partial charge in [-0.05, 0) is 12.5 Å². The molecular weight excluding hydrogens is 400 g/mol. The van der Waals surface area contributed by atoms with E-state index in [2.05, 4.69) is 20.1 Å². The smallest absolute Gasteiger partial charge is 0.251 e. The van der Waals surface area contributed by atoms with Crippen LogP contribution in [-0.2, 0) is 17.8 Å². The number of hydrogen-bond donors (Lipinski definition) is 1. The Labute approximate surface area is 180 Å². The molecule has 30 heavy (non-hydrogen) atoms. The number of likely N-dealkylation sites (tertiary alicyclic amines) is 1. The van der Waals surface area contributed by atoms with Crippen LogP contribution in [0, 0.1) is 5.92 Å². The highest BCUT2D eigenvalue weighted by Gasteiger charge is 2.45. The summed E-state index contributed by atoms with van der Waals surface area (Å²) in [5.41, 5.74) is 0.947. The molecular formula is C21H28N6O2S. The molecule has 3 aliphatic rings. The van der Waals surface area contributed by atoms with Crippen molar-refractivity contribution in [2.24, 2.45) is 5.92 Å². The average Bonchev–Trinajstić information content (AvgIpc) is 3.22. The monoisotopic (exact) mass is 428 g/mol. The van der Waals surface area contributed by atoms with Crippen LogP contribution in [0.15, 0.2) is 23.0 Å². The maximum Gasteiger partial charge on any atom is 0.251 e. The minimum absolute atomic E-state index is 0.0526. The van der Waals surface area contributed by atoms with Gasteiger partial charge in [0.15, 0.2) is 0 Å². The lowest BCUT2D eigenvalue weighted by Crippen LogP contribution is -2.54. The molecule has 160 valence electrons. The number of carbonyl (C=O) groups excluding carboxylic acids is 1. The summed E-state index contributed by atoms with van der Waals surface area (Å²) in [4.78, 5) is 35.3. The van der Waals surface area contributed by atoms with Crippen LogP contribution >= 0.6 is 11.8 Å². The first-order valence-corrected chi connectivity index (χ1v) is 12.0. The van der Waals surface area contributed by atoms with E-state index in [1.807, 2.05) is 40.3 Å². The van der Waals surface area contributed by atoms with Crippen molar-refractivity contribution in [3.05, 3.63) is 45.9 Å². The number of carbonyl (C=O) groups is 1. The molecule has 0 aromatic carbocycles. The lowest BCUT2D eigenvalue weighted by atomic mass is 9.78. The topological polar surface area (TPSA) is 87.1 Å². The molecule has 3 aliphatic heterocycles. The minimum atomic E-state index is -0.406. The summed E-state index contributed by atoms with van der Waals surface area (Å²) < 4.78 is 1.81. The maximum absolute atomic E-state index is 13.6. The summed E-state index contributed by atoms with van der Waals surface area (Å²) in [6, 6.07) is 5.05. The van der Waals surface area contributed by atoms with Gasteiger partial charge in [0.05, 0.1) is 6.54 Å². The van der Waals surface area contributed by atoms with Crippen molar-refractivity contribution in [1.82, 2.24) is 29.5 Å². The first-order valence-electron chi connectivity index (χ1n) is 10.8. The normalized spacial score (nSPS) is 26.4. The number of thioether (sulfide) groups is 1. The van der Waals surface area contributed by atoms with Gasteiger partial charge in [-0.1, -0.05) is 13.0 Å². The van der Waals surface area contributed by atoms with E-state index >= 15 is 0 Å². The number of nitrogens with zero attached hydrogens (tertiary/aromatic N) is 5.